The number of nitrogens with two attached hydrogens (primary N) is 2. The number of likely N-dealkylation sites (tertiary alicyclic amines) is 1. The number of aliphatic hydroxyl groups is 1. The van der Waals surface area contributed by atoms with Gasteiger partial charge in [-0.05, 0) is 52.5 Å². The fourth-order valence-electron chi connectivity index (χ4n) is 3.19. The molecule has 0 saturated carbocycles. The largest absolute Gasteiger partial charge is 0.480 e. The SMILES string of the molecule is CC(N)C(=O)NC(C(=O)NC(CCCCN)C(=O)N1CCCC1C(=O)O)C(C)O. The third-order valence-electron chi connectivity index (χ3n) is 4.86. The number of nitrogens with one attached hydrogen (secondary N) is 2. The molecule has 1 rings (SSSR count). The van der Waals surface area contributed by atoms with Crippen molar-refractivity contribution in [2.75, 3.05) is 13.1 Å². The molecule has 1 aliphatic heterocycles. The number of aliphatic hydroxyl groups excluding tert-OH is 1. The Kier molecular flexibility index (Phi) is 9.99. The molecule has 0 radical (unpaired) electrons. The van der Waals surface area contributed by atoms with E-state index >= 15 is 0 Å². The number of aliphatic carboxylic acids is 1. The molecule has 5 unspecified atom stereocenters. The number of carbonyl (C=O) groups excluding carboxylic acids is 3. The Morgan fingerprint density at radius 1 is 1.14 bits per heavy atom. The first-order chi connectivity index (χ1) is 13.6. The number of hydrogen-bond donors (Lipinski definition) is 6. The van der Waals surface area contributed by atoms with E-state index in [1.165, 1.54) is 18.7 Å². The van der Waals surface area contributed by atoms with E-state index in [2.05, 4.69) is 10.6 Å². The Morgan fingerprint density at radius 2 is 1.79 bits per heavy atom. The van der Waals surface area contributed by atoms with Crippen LogP contribution in [0.3, 0.4) is 0 Å². The van der Waals surface area contributed by atoms with Crippen molar-refractivity contribution < 1.29 is 29.4 Å². The predicted octanol–water partition coefficient (Wildman–Crippen LogP) is -2.11. The summed E-state index contributed by atoms with van der Waals surface area (Å²) in [6, 6.07) is -4.09. The fraction of sp³-hybridized carbons (Fsp3) is 0.778. The van der Waals surface area contributed by atoms with Crippen molar-refractivity contribution >= 4 is 23.7 Å². The standard InChI is InChI=1S/C18H33N5O6/c1-10(20)15(25)22-14(11(2)24)16(26)21-12(6-3-4-8-19)17(27)23-9-5-7-13(23)18(28)29/h10-14,24H,3-9,19-20H2,1-2H3,(H,21,26)(H,22,25)(H,28,29). The van der Waals surface area contributed by atoms with E-state index in [9.17, 15) is 29.4 Å². The zero-order chi connectivity index (χ0) is 22.1. The molecule has 0 aliphatic carbocycles. The molecular formula is C18H33N5O6. The van der Waals surface area contributed by atoms with Crippen LogP contribution in [0.4, 0.5) is 0 Å². The number of nitrogens with zero attached hydrogens (tertiary/aromatic N) is 1. The van der Waals surface area contributed by atoms with Crippen LogP contribution in [0.1, 0.15) is 46.0 Å². The maximum Gasteiger partial charge on any atom is 0.326 e. The van der Waals surface area contributed by atoms with E-state index in [0.717, 1.165) is 0 Å². The van der Waals surface area contributed by atoms with E-state index in [4.69, 9.17) is 11.5 Å². The zero-order valence-corrected chi connectivity index (χ0v) is 17.0. The van der Waals surface area contributed by atoms with Gasteiger partial charge in [-0.25, -0.2) is 4.79 Å². The molecule has 3 amide bonds. The second kappa shape index (κ2) is 11.7. The van der Waals surface area contributed by atoms with Crippen LogP contribution >= 0.6 is 0 Å². The first kappa shape index (κ1) is 24.8. The van der Waals surface area contributed by atoms with Gasteiger partial charge >= 0.3 is 5.97 Å². The number of carbonyl (C=O) groups is 4. The summed E-state index contributed by atoms with van der Waals surface area (Å²) >= 11 is 0. The van der Waals surface area contributed by atoms with Gasteiger partial charge in [-0.15, -0.1) is 0 Å². The lowest BCUT2D eigenvalue weighted by Gasteiger charge is -2.29. The minimum absolute atomic E-state index is 0.262. The number of unbranched alkanes of at least 4 members (excludes halogenated alkanes) is 1. The summed E-state index contributed by atoms with van der Waals surface area (Å²) < 4.78 is 0. The molecule has 1 heterocycles. The summed E-state index contributed by atoms with van der Waals surface area (Å²) in [7, 11) is 0. The Morgan fingerprint density at radius 3 is 2.31 bits per heavy atom. The van der Waals surface area contributed by atoms with Crippen molar-refractivity contribution in [1.82, 2.24) is 15.5 Å². The van der Waals surface area contributed by atoms with Crippen LogP contribution < -0.4 is 22.1 Å². The average molecular weight is 415 g/mol. The summed E-state index contributed by atoms with van der Waals surface area (Å²) in [4.78, 5) is 50.2. The van der Waals surface area contributed by atoms with Crippen LogP contribution in [0.25, 0.3) is 0 Å². The van der Waals surface area contributed by atoms with Crippen LogP contribution in [-0.2, 0) is 19.2 Å². The first-order valence-electron chi connectivity index (χ1n) is 9.87. The van der Waals surface area contributed by atoms with E-state index in [1.54, 1.807) is 0 Å². The Hall–Kier alpha value is -2.24. The minimum Gasteiger partial charge on any atom is -0.480 e. The number of amides is 3. The molecule has 5 atom stereocenters. The van der Waals surface area contributed by atoms with E-state index in [-0.39, 0.29) is 6.42 Å². The minimum atomic E-state index is -1.30. The van der Waals surface area contributed by atoms with Crippen LogP contribution in [0.2, 0.25) is 0 Å². The topological polar surface area (TPSA) is 188 Å². The molecular weight excluding hydrogens is 382 g/mol. The van der Waals surface area contributed by atoms with Gasteiger partial charge in [-0.3, -0.25) is 14.4 Å². The maximum absolute atomic E-state index is 13.0. The van der Waals surface area contributed by atoms with Gasteiger partial charge in [-0.1, -0.05) is 0 Å². The Labute approximate surface area is 170 Å². The van der Waals surface area contributed by atoms with E-state index < -0.39 is 54.0 Å². The van der Waals surface area contributed by atoms with Crippen LogP contribution in [-0.4, -0.2) is 82.2 Å². The van der Waals surface area contributed by atoms with Crippen molar-refractivity contribution in [2.24, 2.45) is 11.5 Å². The summed E-state index contributed by atoms with van der Waals surface area (Å²) in [5.74, 6) is -2.95. The normalized spacial score (nSPS) is 20.4. The number of hydrogen-bond acceptors (Lipinski definition) is 7. The second-order valence-corrected chi connectivity index (χ2v) is 7.39. The quantitative estimate of drug-likeness (QED) is 0.207. The number of rotatable bonds is 11. The highest BCUT2D eigenvalue weighted by molar-refractivity contribution is 5.94. The predicted molar refractivity (Wildman–Crippen MR) is 104 cm³/mol. The molecule has 0 bridgehead atoms. The Bertz CT molecular complexity index is 597. The van der Waals surface area contributed by atoms with E-state index in [0.29, 0.717) is 38.8 Å². The lowest BCUT2D eigenvalue weighted by Crippen LogP contribution is -2.59. The summed E-state index contributed by atoms with van der Waals surface area (Å²) in [6.07, 6.45) is 1.13. The van der Waals surface area contributed by atoms with Crippen molar-refractivity contribution in [3.8, 4) is 0 Å². The molecule has 29 heavy (non-hydrogen) atoms. The summed E-state index contributed by atoms with van der Waals surface area (Å²) in [5.41, 5.74) is 11.0. The lowest BCUT2D eigenvalue weighted by molar-refractivity contribution is -0.149. The zero-order valence-electron chi connectivity index (χ0n) is 17.0. The highest BCUT2D eigenvalue weighted by Crippen LogP contribution is 2.20. The van der Waals surface area contributed by atoms with Crippen molar-refractivity contribution in [1.29, 1.82) is 0 Å². The average Bonchev–Trinajstić information content (AvgIpc) is 3.14. The van der Waals surface area contributed by atoms with Crippen LogP contribution in [0.5, 0.6) is 0 Å². The van der Waals surface area contributed by atoms with Gasteiger partial charge in [0, 0.05) is 6.54 Å². The second-order valence-electron chi connectivity index (χ2n) is 7.39. The molecule has 0 aromatic rings. The summed E-state index contributed by atoms with van der Waals surface area (Å²) in [6.45, 7) is 3.47. The van der Waals surface area contributed by atoms with Crippen LogP contribution in [0.15, 0.2) is 0 Å². The molecule has 1 aliphatic rings. The molecule has 0 aromatic heterocycles. The Balaban J connectivity index is 2.95. The smallest absolute Gasteiger partial charge is 0.326 e. The lowest BCUT2D eigenvalue weighted by atomic mass is 10.1. The number of carboxylic acids is 1. The highest BCUT2D eigenvalue weighted by Gasteiger charge is 2.38. The van der Waals surface area contributed by atoms with Gasteiger partial charge in [-0.2, -0.15) is 0 Å². The van der Waals surface area contributed by atoms with Gasteiger partial charge in [0.1, 0.15) is 18.1 Å². The third kappa shape index (κ3) is 7.26. The molecule has 8 N–H and O–H groups in total. The maximum atomic E-state index is 13.0. The molecule has 166 valence electrons. The van der Waals surface area contributed by atoms with Gasteiger partial charge in [0.2, 0.25) is 17.7 Å². The van der Waals surface area contributed by atoms with Crippen molar-refractivity contribution in [3.63, 3.8) is 0 Å². The fourth-order valence-corrected chi connectivity index (χ4v) is 3.19. The monoisotopic (exact) mass is 415 g/mol. The van der Waals surface area contributed by atoms with Gasteiger partial charge in [0.05, 0.1) is 12.1 Å². The van der Waals surface area contributed by atoms with E-state index in [1.807, 2.05) is 0 Å². The molecule has 0 spiro atoms. The number of carboxylic acid groups (broad SMARTS) is 1. The van der Waals surface area contributed by atoms with Gasteiger partial charge in [0.25, 0.3) is 0 Å². The molecule has 0 aromatic carbocycles. The summed E-state index contributed by atoms with van der Waals surface area (Å²) in [5, 5.41) is 24.1. The van der Waals surface area contributed by atoms with Crippen molar-refractivity contribution in [3.05, 3.63) is 0 Å². The van der Waals surface area contributed by atoms with Crippen molar-refractivity contribution in [2.45, 2.75) is 76.2 Å². The van der Waals surface area contributed by atoms with Crippen LogP contribution in [0, 0.1) is 0 Å². The molecule has 11 nitrogen and oxygen atoms in total. The van der Waals surface area contributed by atoms with Gasteiger partial charge < -0.3 is 37.2 Å². The highest BCUT2D eigenvalue weighted by atomic mass is 16.4. The third-order valence-corrected chi connectivity index (χ3v) is 4.86. The molecule has 11 heteroatoms. The first-order valence-corrected chi connectivity index (χ1v) is 9.87. The van der Waals surface area contributed by atoms with Gasteiger partial charge in [0.15, 0.2) is 0 Å². The molecule has 1 fully saturated rings. The molecule has 1 saturated heterocycles.